The van der Waals surface area contributed by atoms with Gasteiger partial charge in [0.15, 0.2) is 17.5 Å². The van der Waals surface area contributed by atoms with Gasteiger partial charge in [-0.05, 0) is 65.7 Å². The number of rotatable bonds is 5. The number of fused-ring (bicyclic) bond motifs is 9. The standard InChI is InChI=1S/C51H30N4S2/c1-3-12-31(13-4-1)49-52-50(32-14-5-2-6-15-32)54-51(53-49)34-23-27-44-41(28-34)48-36(18-11-21-45(48)56-44)33-22-25-39-40-26-24-35(30-47(40)57-46(39)29-33)55-42-19-9-7-16-37(42)38-17-8-10-20-43(38)55/h1-30H. The molecule has 8 aromatic carbocycles. The number of thiophene rings is 2. The number of hydrogen-bond donors (Lipinski definition) is 0. The van der Waals surface area contributed by atoms with Crippen LogP contribution in [0.2, 0.25) is 0 Å². The maximum Gasteiger partial charge on any atom is 0.164 e. The van der Waals surface area contributed by atoms with Gasteiger partial charge in [0.25, 0.3) is 0 Å². The van der Waals surface area contributed by atoms with Gasteiger partial charge in [-0.15, -0.1) is 22.7 Å². The van der Waals surface area contributed by atoms with Gasteiger partial charge >= 0.3 is 0 Å². The molecule has 266 valence electrons. The lowest BCUT2D eigenvalue weighted by molar-refractivity contribution is 1.07. The van der Waals surface area contributed by atoms with Crippen LogP contribution in [0.1, 0.15) is 0 Å². The second-order valence-corrected chi connectivity index (χ2v) is 16.6. The first kappa shape index (κ1) is 32.3. The molecule has 0 aliphatic rings. The quantitative estimate of drug-likeness (QED) is 0.175. The van der Waals surface area contributed by atoms with E-state index in [4.69, 9.17) is 15.0 Å². The van der Waals surface area contributed by atoms with Gasteiger partial charge < -0.3 is 4.57 Å². The van der Waals surface area contributed by atoms with Crippen molar-refractivity contribution in [3.63, 3.8) is 0 Å². The van der Waals surface area contributed by atoms with E-state index in [1.807, 2.05) is 83.3 Å². The number of hydrogen-bond acceptors (Lipinski definition) is 5. The Morgan fingerprint density at radius 3 is 1.58 bits per heavy atom. The number of nitrogens with zero attached hydrogens (tertiary/aromatic N) is 4. The molecule has 0 fully saturated rings. The minimum atomic E-state index is 0.661. The van der Waals surface area contributed by atoms with Crippen LogP contribution < -0.4 is 0 Å². The minimum Gasteiger partial charge on any atom is -0.309 e. The highest BCUT2D eigenvalue weighted by Crippen LogP contribution is 2.44. The molecule has 4 heterocycles. The van der Waals surface area contributed by atoms with E-state index in [1.165, 1.54) is 79.0 Å². The molecule has 0 aliphatic carbocycles. The highest BCUT2D eigenvalue weighted by molar-refractivity contribution is 7.26. The number of para-hydroxylation sites is 2. The van der Waals surface area contributed by atoms with Gasteiger partial charge in [0, 0.05) is 73.5 Å². The lowest BCUT2D eigenvalue weighted by Crippen LogP contribution is -2.00. The molecule has 0 N–H and O–H groups in total. The zero-order valence-corrected chi connectivity index (χ0v) is 32.1. The molecule has 0 radical (unpaired) electrons. The molecule has 4 nitrogen and oxygen atoms in total. The minimum absolute atomic E-state index is 0.661. The first-order valence-electron chi connectivity index (χ1n) is 19.0. The molecule has 12 rings (SSSR count). The van der Waals surface area contributed by atoms with E-state index < -0.39 is 0 Å². The first-order valence-corrected chi connectivity index (χ1v) is 20.6. The van der Waals surface area contributed by atoms with Crippen molar-refractivity contribution in [3.8, 4) is 51.0 Å². The molecule has 0 amide bonds. The average molecular weight is 763 g/mol. The van der Waals surface area contributed by atoms with Gasteiger partial charge in [-0.1, -0.05) is 127 Å². The van der Waals surface area contributed by atoms with E-state index in [-0.39, 0.29) is 0 Å². The predicted octanol–water partition coefficient (Wildman–Crippen LogP) is 14.4. The Labute approximate surface area is 335 Å². The summed E-state index contributed by atoms with van der Waals surface area (Å²) in [4.78, 5) is 15.0. The molecule has 0 atom stereocenters. The molecular formula is C51H30N4S2. The van der Waals surface area contributed by atoms with E-state index >= 15 is 0 Å². The molecule has 0 saturated carbocycles. The molecule has 12 aromatic rings. The molecule has 57 heavy (non-hydrogen) atoms. The Balaban J connectivity index is 0.989. The van der Waals surface area contributed by atoms with E-state index in [9.17, 15) is 0 Å². The van der Waals surface area contributed by atoms with Crippen LogP contribution in [0.15, 0.2) is 182 Å². The number of aromatic nitrogens is 4. The Morgan fingerprint density at radius 2 is 0.895 bits per heavy atom. The summed E-state index contributed by atoms with van der Waals surface area (Å²) < 4.78 is 7.47. The molecule has 0 saturated heterocycles. The van der Waals surface area contributed by atoms with E-state index in [0.29, 0.717) is 17.5 Å². The van der Waals surface area contributed by atoms with Crippen molar-refractivity contribution >= 4 is 84.8 Å². The molecule has 6 heteroatoms. The van der Waals surface area contributed by atoms with Crippen molar-refractivity contribution in [1.82, 2.24) is 19.5 Å². The highest BCUT2D eigenvalue weighted by atomic mass is 32.1. The summed E-state index contributed by atoms with van der Waals surface area (Å²) in [7, 11) is 0. The summed E-state index contributed by atoms with van der Waals surface area (Å²) in [6, 6.07) is 65.0. The predicted molar refractivity (Wildman–Crippen MR) is 242 cm³/mol. The Bertz CT molecular complexity index is 3410. The lowest BCUT2D eigenvalue weighted by atomic mass is 9.98. The van der Waals surface area contributed by atoms with Gasteiger partial charge in [0.2, 0.25) is 0 Å². The van der Waals surface area contributed by atoms with Crippen molar-refractivity contribution in [3.05, 3.63) is 182 Å². The molecular weight excluding hydrogens is 733 g/mol. The van der Waals surface area contributed by atoms with Crippen molar-refractivity contribution < 1.29 is 0 Å². The van der Waals surface area contributed by atoms with Crippen molar-refractivity contribution in [2.24, 2.45) is 0 Å². The smallest absolute Gasteiger partial charge is 0.164 e. The SMILES string of the molecule is c1ccc(-c2nc(-c3ccccc3)nc(-c3ccc4sc5cccc(-c6ccc7c(c6)sc6cc(-n8c9ccccc9c9ccccc98)ccc67)c5c4c3)n2)cc1. The Kier molecular flexibility index (Phi) is 7.24. The fraction of sp³-hybridized carbons (Fsp3) is 0. The van der Waals surface area contributed by atoms with Gasteiger partial charge in [0.05, 0.1) is 11.0 Å². The van der Waals surface area contributed by atoms with Crippen LogP contribution in [-0.2, 0) is 0 Å². The molecule has 0 aliphatic heterocycles. The van der Waals surface area contributed by atoms with Gasteiger partial charge in [0.1, 0.15) is 0 Å². The van der Waals surface area contributed by atoms with Crippen molar-refractivity contribution in [1.29, 1.82) is 0 Å². The summed E-state index contributed by atoms with van der Waals surface area (Å²) >= 11 is 3.70. The third kappa shape index (κ3) is 5.22. The van der Waals surface area contributed by atoms with Gasteiger partial charge in [-0.3, -0.25) is 0 Å². The molecule has 0 spiro atoms. The van der Waals surface area contributed by atoms with Gasteiger partial charge in [-0.2, -0.15) is 0 Å². The second-order valence-electron chi connectivity index (χ2n) is 14.4. The monoisotopic (exact) mass is 762 g/mol. The van der Waals surface area contributed by atoms with Crippen LogP contribution in [0.3, 0.4) is 0 Å². The maximum absolute atomic E-state index is 5.04. The summed E-state index contributed by atoms with van der Waals surface area (Å²) in [6.07, 6.45) is 0. The normalized spacial score (nSPS) is 11.9. The lowest BCUT2D eigenvalue weighted by Gasteiger charge is -2.09. The highest BCUT2D eigenvalue weighted by Gasteiger charge is 2.18. The fourth-order valence-electron chi connectivity index (χ4n) is 8.42. The van der Waals surface area contributed by atoms with Gasteiger partial charge in [-0.25, -0.2) is 15.0 Å². The molecule has 4 aromatic heterocycles. The van der Waals surface area contributed by atoms with Crippen LogP contribution in [0.5, 0.6) is 0 Å². The average Bonchev–Trinajstić information content (AvgIpc) is 3.95. The Hall–Kier alpha value is -6.99. The second kappa shape index (κ2) is 12.8. The molecule has 0 bridgehead atoms. The van der Waals surface area contributed by atoms with E-state index in [2.05, 4.69) is 126 Å². The van der Waals surface area contributed by atoms with Crippen LogP contribution in [-0.4, -0.2) is 19.5 Å². The Morgan fingerprint density at radius 1 is 0.333 bits per heavy atom. The largest absolute Gasteiger partial charge is 0.309 e. The van der Waals surface area contributed by atoms with Crippen LogP contribution in [0.25, 0.3) is 113 Å². The van der Waals surface area contributed by atoms with Crippen molar-refractivity contribution in [2.45, 2.75) is 0 Å². The third-order valence-corrected chi connectivity index (χ3v) is 13.3. The first-order chi connectivity index (χ1) is 28.2. The summed E-state index contributed by atoms with van der Waals surface area (Å²) in [5.41, 5.74) is 8.96. The fourth-order valence-corrected chi connectivity index (χ4v) is 10.7. The third-order valence-electron chi connectivity index (χ3n) is 11.1. The van der Waals surface area contributed by atoms with E-state index in [1.54, 1.807) is 0 Å². The number of benzene rings is 8. The van der Waals surface area contributed by atoms with Crippen molar-refractivity contribution in [2.75, 3.05) is 0 Å². The summed E-state index contributed by atoms with van der Waals surface area (Å²) in [5.74, 6) is 1.98. The van der Waals surface area contributed by atoms with Crippen LogP contribution >= 0.6 is 22.7 Å². The van der Waals surface area contributed by atoms with Crippen LogP contribution in [0.4, 0.5) is 0 Å². The zero-order valence-electron chi connectivity index (χ0n) is 30.4. The van der Waals surface area contributed by atoms with E-state index in [0.717, 1.165) is 16.7 Å². The zero-order chi connectivity index (χ0) is 37.5. The van der Waals surface area contributed by atoms with Crippen LogP contribution in [0, 0.1) is 0 Å². The summed E-state index contributed by atoms with van der Waals surface area (Å²) in [5, 5.41) is 7.59. The molecule has 0 unspecified atom stereocenters. The maximum atomic E-state index is 5.04. The summed E-state index contributed by atoms with van der Waals surface area (Å²) in [6.45, 7) is 0. The topological polar surface area (TPSA) is 43.6 Å².